The van der Waals surface area contributed by atoms with Gasteiger partial charge >= 0.3 is 0 Å². The van der Waals surface area contributed by atoms with E-state index in [1.807, 2.05) is 11.8 Å². The van der Waals surface area contributed by atoms with Crippen LogP contribution in [0.15, 0.2) is 40.9 Å². The Balaban J connectivity index is 1.32. The number of dihydropyridines is 1. The molecule has 4 heterocycles. The van der Waals surface area contributed by atoms with Gasteiger partial charge < -0.3 is 11.1 Å². The van der Waals surface area contributed by atoms with Gasteiger partial charge in [-0.25, -0.2) is 4.98 Å². The van der Waals surface area contributed by atoms with Gasteiger partial charge in [-0.3, -0.25) is 4.90 Å². The highest BCUT2D eigenvalue weighted by Crippen LogP contribution is 2.58. The number of nitrogens with one attached hydrogen (secondary N) is 1. The van der Waals surface area contributed by atoms with Crippen molar-refractivity contribution >= 4 is 40.5 Å². The van der Waals surface area contributed by atoms with Crippen molar-refractivity contribution in [1.29, 1.82) is 0 Å². The van der Waals surface area contributed by atoms with Crippen LogP contribution in [0.1, 0.15) is 37.4 Å². The standard InChI is InChI=1S/C21H21N5S/c1-12-9-14(5-8-23-12)13-3-4-16-17(10-13)26(16)20-24-15-11-21(6-2-7-21)27-18(15)19(22)25-20/h3-5,9-10,23H,2,6-8,11H2,1H3,(H2,22,24,25). The molecule has 2 aromatic rings. The van der Waals surface area contributed by atoms with Crippen LogP contribution in [0.4, 0.5) is 23.1 Å². The first-order valence-corrected chi connectivity index (χ1v) is 10.4. The van der Waals surface area contributed by atoms with Gasteiger partial charge in [-0.2, -0.15) is 4.98 Å². The van der Waals surface area contributed by atoms with Crippen LogP contribution in [0.2, 0.25) is 0 Å². The fourth-order valence-corrected chi connectivity index (χ4v) is 5.88. The highest BCUT2D eigenvalue weighted by atomic mass is 32.2. The Morgan fingerprint density at radius 3 is 2.89 bits per heavy atom. The van der Waals surface area contributed by atoms with Gasteiger partial charge in [0.2, 0.25) is 5.95 Å². The molecule has 0 unspecified atom stereocenters. The Morgan fingerprint density at radius 1 is 1.22 bits per heavy atom. The van der Waals surface area contributed by atoms with E-state index in [0.717, 1.165) is 29.5 Å². The molecule has 136 valence electrons. The summed E-state index contributed by atoms with van der Waals surface area (Å²) in [5, 5.41) is 3.33. The zero-order valence-corrected chi connectivity index (χ0v) is 16.1. The molecule has 0 amide bonds. The first kappa shape index (κ1) is 15.6. The normalized spacial score (nSPS) is 21.0. The van der Waals surface area contributed by atoms with Gasteiger partial charge in [0, 0.05) is 23.4 Å². The number of anilines is 4. The van der Waals surface area contributed by atoms with Crippen molar-refractivity contribution < 1.29 is 0 Å². The molecule has 1 aliphatic carbocycles. The number of hydrogen-bond acceptors (Lipinski definition) is 6. The molecule has 0 atom stereocenters. The maximum Gasteiger partial charge on any atom is 0.237 e. The van der Waals surface area contributed by atoms with E-state index < -0.39 is 0 Å². The van der Waals surface area contributed by atoms with Crippen LogP contribution in [0.25, 0.3) is 5.57 Å². The van der Waals surface area contributed by atoms with Crippen molar-refractivity contribution in [3.8, 4) is 0 Å². The second-order valence-electron chi connectivity index (χ2n) is 7.91. The van der Waals surface area contributed by atoms with Gasteiger partial charge in [0.25, 0.3) is 0 Å². The molecule has 6 rings (SSSR count). The van der Waals surface area contributed by atoms with Crippen molar-refractivity contribution in [2.24, 2.45) is 0 Å². The number of aromatic nitrogens is 2. The lowest BCUT2D eigenvalue weighted by atomic mass is 9.81. The van der Waals surface area contributed by atoms with E-state index in [-0.39, 0.29) is 0 Å². The second kappa shape index (κ2) is 5.29. The van der Waals surface area contributed by atoms with Crippen molar-refractivity contribution in [3.63, 3.8) is 0 Å². The Bertz CT molecular complexity index is 1050. The quantitative estimate of drug-likeness (QED) is 0.651. The van der Waals surface area contributed by atoms with Gasteiger partial charge in [0.05, 0.1) is 22.0 Å². The van der Waals surface area contributed by atoms with Gasteiger partial charge in [-0.05, 0) is 49.1 Å². The Morgan fingerprint density at radius 2 is 2.11 bits per heavy atom. The number of nitrogen functional groups attached to an aromatic ring is 1. The molecule has 0 saturated heterocycles. The van der Waals surface area contributed by atoms with E-state index in [0.29, 0.717) is 10.6 Å². The zero-order valence-electron chi connectivity index (χ0n) is 15.2. The maximum atomic E-state index is 6.31. The topological polar surface area (TPSA) is 66.8 Å². The summed E-state index contributed by atoms with van der Waals surface area (Å²) >= 11 is 1.91. The summed E-state index contributed by atoms with van der Waals surface area (Å²) in [5.41, 5.74) is 13.5. The Hall–Kier alpha value is -2.47. The molecular weight excluding hydrogens is 354 g/mol. The highest BCUT2D eigenvalue weighted by molar-refractivity contribution is 8.01. The number of nitrogens with two attached hydrogens (primary N) is 1. The molecule has 1 spiro atoms. The van der Waals surface area contributed by atoms with Crippen LogP contribution >= 0.6 is 11.8 Å². The average Bonchev–Trinajstić information content (AvgIpc) is 3.20. The summed E-state index contributed by atoms with van der Waals surface area (Å²) in [5.74, 6) is 1.36. The van der Waals surface area contributed by atoms with Crippen molar-refractivity contribution in [2.45, 2.75) is 42.2 Å². The first-order chi connectivity index (χ1) is 13.1. The van der Waals surface area contributed by atoms with E-state index in [1.54, 1.807) is 0 Å². The van der Waals surface area contributed by atoms with E-state index in [1.165, 1.54) is 47.5 Å². The predicted octanol–water partition coefficient (Wildman–Crippen LogP) is 4.30. The third kappa shape index (κ3) is 2.32. The van der Waals surface area contributed by atoms with Gasteiger partial charge in [0.1, 0.15) is 5.82 Å². The van der Waals surface area contributed by atoms with Crippen LogP contribution in [-0.2, 0) is 6.42 Å². The van der Waals surface area contributed by atoms with E-state index >= 15 is 0 Å². The molecule has 4 aliphatic rings. The van der Waals surface area contributed by atoms with Crippen molar-refractivity contribution in [2.75, 3.05) is 17.2 Å². The number of rotatable bonds is 2. The summed E-state index contributed by atoms with van der Waals surface area (Å²) < 4.78 is 0.356. The molecule has 1 aromatic heterocycles. The Kier molecular flexibility index (Phi) is 3.05. The van der Waals surface area contributed by atoms with Crippen LogP contribution in [-0.4, -0.2) is 21.3 Å². The molecule has 0 radical (unpaired) electrons. The number of benzene rings is 1. The highest BCUT2D eigenvalue weighted by Gasteiger charge is 2.46. The molecular formula is C21H21N5S. The monoisotopic (exact) mass is 375 g/mol. The summed E-state index contributed by atoms with van der Waals surface area (Å²) in [6.45, 7) is 2.98. The van der Waals surface area contributed by atoms with Crippen LogP contribution < -0.4 is 16.0 Å². The van der Waals surface area contributed by atoms with Crippen LogP contribution in [0.3, 0.4) is 0 Å². The molecule has 1 aromatic carbocycles. The lowest BCUT2D eigenvalue weighted by Gasteiger charge is -2.36. The molecule has 1 fully saturated rings. The van der Waals surface area contributed by atoms with Gasteiger partial charge in [-0.15, -0.1) is 11.8 Å². The summed E-state index contributed by atoms with van der Waals surface area (Å²) in [7, 11) is 0. The second-order valence-corrected chi connectivity index (χ2v) is 9.39. The van der Waals surface area contributed by atoms with Crippen molar-refractivity contribution in [1.82, 2.24) is 15.3 Å². The average molecular weight is 376 g/mol. The lowest BCUT2D eigenvalue weighted by molar-refractivity contribution is 0.365. The molecule has 3 N–H and O–H groups in total. The number of hydrogen-bond donors (Lipinski definition) is 2. The third-order valence-electron chi connectivity index (χ3n) is 6.04. The minimum Gasteiger partial charge on any atom is -0.385 e. The number of nitrogens with zero attached hydrogens (tertiary/aromatic N) is 3. The summed E-state index contributed by atoms with van der Waals surface area (Å²) in [4.78, 5) is 12.8. The molecule has 1 saturated carbocycles. The van der Waals surface area contributed by atoms with Crippen molar-refractivity contribution in [3.05, 3.63) is 47.3 Å². The van der Waals surface area contributed by atoms with E-state index in [2.05, 4.69) is 52.5 Å². The zero-order chi connectivity index (χ0) is 18.2. The third-order valence-corrected chi connectivity index (χ3v) is 7.67. The number of thioether (sulfide) groups is 1. The number of fused-ring (bicyclic) bond motifs is 2. The molecule has 5 nitrogen and oxygen atoms in total. The molecule has 6 heteroatoms. The summed E-state index contributed by atoms with van der Waals surface area (Å²) in [6.07, 6.45) is 9.31. The minimum atomic E-state index is 0.356. The van der Waals surface area contributed by atoms with Crippen LogP contribution in [0.5, 0.6) is 0 Å². The predicted molar refractivity (Wildman–Crippen MR) is 111 cm³/mol. The smallest absolute Gasteiger partial charge is 0.237 e. The van der Waals surface area contributed by atoms with E-state index in [9.17, 15) is 0 Å². The fourth-order valence-electron chi connectivity index (χ4n) is 4.36. The molecule has 0 bridgehead atoms. The largest absolute Gasteiger partial charge is 0.385 e. The van der Waals surface area contributed by atoms with Gasteiger partial charge in [0.15, 0.2) is 0 Å². The fraction of sp³-hybridized carbons (Fsp3) is 0.333. The minimum absolute atomic E-state index is 0.356. The SMILES string of the molecule is CC1=CC(c2ccc3c(c2)N3c2nc(N)c3c(n2)CC2(CCC2)S3)=CCN1. The molecule has 27 heavy (non-hydrogen) atoms. The summed E-state index contributed by atoms with van der Waals surface area (Å²) in [6, 6.07) is 6.56. The molecule has 3 aliphatic heterocycles. The Labute approximate surface area is 162 Å². The lowest BCUT2D eigenvalue weighted by Crippen LogP contribution is -2.32. The van der Waals surface area contributed by atoms with Gasteiger partial charge in [-0.1, -0.05) is 18.6 Å². The number of allylic oxidation sites excluding steroid dienone is 3. The van der Waals surface area contributed by atoms with E-state index in [4.69, 9.17) is 10.7 Å². The first-order valence-electron chi connectivity index (χ1n) is 9.54. The maximum absolute atomic E-state index is 6.31. The van der Waals surface area contributed by atoms with Crippen LogP contribution in [0, 0.1) is 0 Å².